The average Bonchev–Trinajstić information content (AvgIpc) is 3.32. The van der Waals surface area contributed by atoms with E-state index >= 15 is 0 Å². The SMILES string of the molecule is CC(=O)[C@@H]1[C@H](C(=O)c2ccccc2Cl)[C@]2(C(=O)Nc3ccccc32)[C@H]2C=C(C)c3cc(C)ccc3N12. The summed E-state index contributed by atoms with van der Waals surface area (Å²) in [6.45, 7) is 5.55. The maximum Gasteiger partial charge on any atom is 0.238 e. The highest BCUT2D eigenvalue weighted by Gasteiger charge is 2.70. The molecular formula is C30H25ClN2O3. The van der Waals surface area contributed by atoms with E-state index in [4.69, 9.17) is 11.6 Å². The van der Waals surface area contributed by atoms with Gasteiger partial charge in [0.05, 0.1) is 23.0 Å². The van der Waals surface area contributed by atoms with Gasteiger partial charge in [0.2, 0.25) is 5.91 Å². The first-order chi connectivity index (χ1) is 17.3. The third-order valence-corrected chi connectivity index (χ3v) is 8.30. The van der Waals surface area contributed by atoms with Crippen LogP contribution in [0.3, 0.4) is 0 Å². The molecule has 1 spiro atoms. The molecule has 5 nitrogen and oxygen atoms in total. The van der Waals surface area contributed by atoms with Crippen molar-refractivity contribution in [2.45, 2.75) is 38.3 Å². The number of allylic oxidation sites excluding steroid dienone is 1. The fourth-order valence-corrected chi connectivity index (χ4v) is 6.76. The van der Waals surface area contributed by atoms with Gasteiger partial charge in [0.15, 0.2) is 11.6 Å². The van der Waals surface area contributed by atoms with E-state index in [1.54, 1.807) is 24.3 Å². The number of anilines is 2. The van der Waals surface area contributed by atoms with Crippen molar-refractivity contribution < 1.29 is 14.4 Å². The fraction of sp³-hybridized carbons (Fsp3) is 0.233. The van der Waals surface area contributed by atoms with Crippen LogP contribution in [-0.2, 0) is 15.0 Å². The van der Waals surface area contributed by atoms with Crippen LogP contribution in [0.4, 0.5) is 11.4 Å². The van der Waals surface area contributed by atoms with Crippen LogP contribution in [-0.4, -0.2) is 29.6 Å². The molecular weight excluding hydrogens is 472 g/mol. The van der Waals surface area contributed by atoms with E-state index < -0.39 is 23.4 Å². The van der Waals surface area contributed by atoms with E-state index in [-0.39, 0.29) is 17.5 Å². The number of nitrogens with zero attached hydrogens (tertiary/aromatic N) is 1. The van der Waals surface area contributed by atoms with Gasteiger partial charge in [-0.1, -0.05) is 59.6 Å². The maximum atomic E-state index is 14.4. The molecule has 1 fully saturated rings. The van der Waals surface area contributed by atoms with Gasteiger partial charge in [-0.15, -0.1) is 0 Å². The Hall–Kier alpha value is -3.70. The maximum absolute atomic E-state index is 14.4. The quantitative estimate of drug-likeness (QED) is 0.479. The molecule has 0 aromatic heterocycles. The molecule has 3 aliphatic rings. The number of hydrogen-bond donors (Lipinski definition) is 1. The number of para-hydroxylation sites is 1. The first kappa shape index (κ1) is 22.7. The van der Waals surface area contributed by atoms with Gasteiger partial charge in [0.1, 0.15) is 5.41 Å². The number of hydrogen-bond acceptors (Lipinski definition) is 4. The largest absolute Gasteiger partial charge is 0.352 e. The molecule has 36 heavy (non-hydrogen) atoms. The van der Waals surface area contributed by atoms with Crippen molar-refractivity contribution in [1.29, 1.82) is 0 Å². The Labute approximate surface area is 214 Å². The van der Waals surface area contributed by atoms with Crippen LogP contribution >= 0.6 is 11.6 Å². The number of carbonyl (C=O) groups excluding carboxylic acids is 3. The summed E-state index contributed by atoms with van der Waals surface area (Å²) in [5.41, 5.74) is 4.40. The van der Waals surface area contributed by atoms with Crippen LogP contribution in [0, 0.1) is 12.8 Å². The summed E-state index contributed by atoms with van der Waals surface area (Å²) < 4.78 is 0. The Morgan fingerprint density at radius 1 is 1.00 bits per heavy atom. The Morgan fingerprint density at radius 2 is 1.72 bits per heavy atom. The van der Waals surface area contributed by atoms with Crippen LogP contribution in [0.15, 0.2) is 72.8 Å². The third-order valence-electron chi connectivity index (χ3n) is 7.97. The van der Waals surface area contributed by atoms with E-state index in [0.717, 1.165) is 28.0 Å². The summed E-state index contributed by atoms with van der Waals surface area (Å²) >= 11 is 6.50. The Bertz CT molecular complexity index is 1510. The molecule has 0 unspecified atom stereocenters. The minimum atomic E-state index is -1.30. The lowest BCUT2D eigenvalue weighted by atomic mass is 9.64. The zero-order chi connectivity index (χ0) is 25.4. The minimum absolute atomic E-state index is 0.168. The smallest absolute Gasteiger partial charge is 0.238 e. The van der Waals surface area contributed by atoms with E-state index in [0.29, 0.717) is 16.3 Å². The minimum Gasteiger partial charge on any atom is -0.352 e. The van der Waals surface area contributed by atoms with Gasteiger partial charge in [-0.25, -0.2) is 0 Å². The fourth-order valence-electron chi connectivity index (χ4n) is 6.53. The van der Waals surface area contributed by atoms with Crippen molar-refractivity contribution >= 4 is 46.0 Å². The van der Waals surface area contributed by atoms with E-state index in [1.165, 1.54) is 6.92 Å². The molecule has 3 aliphatic heterocycles. The molecule has 0 saturated carbocycles. The Morgan fingerprint density at radius 3 is 2.47 bits per heavy atom. The standard InChI is InChI=1S/C30H25ClN2O3/c1-16-12-13-24-20(14-16)17(2)15-25-30(21-9-5-7-11-23(21)32-29(30)36)26(27(18(3)34)33(24)25)28(35)19-8-4-6-10-22(19)31/h4-15,25-27H,1-3H3,(H,32,36)/t25-,26-,27-,30-/m1/s1. The number of amides is 1. The second kappa shape index (κ2) is 7.90. The number of rotatable bonds is 3. The van der Waals surface area contributed by atoms with Crippen molar-refractivity contribution in [2.75, 3.05) is 10.2 Å². The number of benzene rings is 3. The lowest BCUT2D eigenvalue weighted by Crippen LogP contribution is -2.51. The summed E-state index contributed by atoms with van der Waals surface area (Å²) in [6.07, 6.45) is 2.05. The number of ketones is 2. The van der Waals surface area contributed by atoms with Gasteiger partial charge in [0, 0.05) is 22.5 Å². The molecule has 180 valence electrons. The van der Waals surface area contributed by atoms with Crippen molar-refractivity contribution in [2.24, 2.45) is 5.92 Å². The van der Waals surface area contributed by atoms with Gasteiger partial charge < -0.3 is 10.2 Å². The predicted octanol–water partition coefficient (Wildman–Crippen LogP) is 5.60. The van der Waals surface area contributed by atoms with Crippen molar-refractivity contribution in [3.8, 4) is 0 Å². The summed E-state index contributed by atoms with van der Waals surface area (Å²) in [4.78, 5) is 44.0. The molecule has 1 saturated heterocycles. The number of Topliss-reactive ketones (excluding diaryl/α,β-unsaturated/α-hetero) is 2. The van der Waals surface area contributed by atoms with Crippen LogP contribution in [0.25, 0.3) is 5.57 Å². The first-order valence-electron chi connectivity index (χ1n) is 12.0. The summed E-state index contributed by atoms with van der Waals surface area (Å²) in [7, 11) is 0. The predicted molar refractivity (Wildman–Crippen MR) is 142 cm³/mol. The highest BCUT2D eigenvalue weighted by molar-refractivity contribution is 6.34. The molecule has 3 heterocycles. The second-order valence-electron chi connectivity index (χ2n) is 9.97. The molecule has 3 aromatic rings. The zero-order valence-electron chi connectivity index (χ0n) is 20.2. The summed E-state index contributed by atoms with van der Waals surface area (Å²) in [5.74, 6) is -1.71. The number of aryl methyl sites for hydroxylation is 1. The monoisotopic (exact) mass is 496 g/mol. The lowest BCUT2D eigenvalue weighted by Gasteiger charge is -2.39. The topological polar surface area (TPSA) is 66.5 Å². The zero-order valence-corrected chi connectivity index (χ0v) is 21.0. The van der Waals surface area contributed by atoms with Crippen LogP contribution < -0.4 is 10.2 Å². The first-order valence-corrected chi connectivity index (χ1v) is 12.4. The second-order valence-corrected chi connectivity index (χ2v) is 10.4. The number of halogens is 1. The molecule has 0 aliphatic carbocycles. The average molecular weight is 497 g/mol. The van der Waals surface area contributed by atoms with Gasteiger partial charge in [0.25, 0.3) is 0 Å². The van der Waals surface area contributed by atoms with Crippen molar-refractivity contribution in [3.63, 3.8) is 0 Å². The molecule has 4 atom stereocenters. The van der Waals surface area contributed by atoms with E-state index in [9.17, 15) is 14.4 Å². The van der Waals surface area contributed by atoms with Crippen molar-refractivity contribution in [3.05, 3.63) is 100 Å². The summed E-state index contributed by atoms with van der Waals surface area (Å²) in [6, 6.07) is 19.0. The number of fused-ring (bicyclic) bond motifs is 6. The highest BCUT2D eigenvalue weighted by Crippen LogP contribution is 2.58. The number of carbonyl (C=O) groups is 3. The van der Waals surface area contributed by atoms with Gasteiger partial charge in [-0.05, 0) is 62.2 Å². The lowest BCUT2D eigenvalue weighted by molar-refractivity contribution is -0.122. The van der Waals surface area contributed by atoms with Crippen LogP contribution in [0.5, 0.6) is 0 Å². The van der Waals surface area contributed by atoms with Gasteiger partial charge >= 0.3 is 0 Å². The van der Waals surface area contributed by atoms with E-state index in [1.807, 2.05) is 55.1 Å². The Balaban J connectivity index is 1.70. The number of nitrogens with one attached hydrogen (secondary N) is 1. The Kier molecular flexibility index (Phi) is 4.99. The van der Waals surface area contributed by atoms with Gasteiger partial charge in [-0.3, -0.25) is 14.4 Å². The van der Waals surface area contributed by atoms with Crippen molar-refractivity contribution in [1.82, 2.24) is 0 Å². The molecule has 0 bridgehead atoms. The molecule has 1 amide bonds. The molecule has 0 radical (unpaired) electrons. The van der Waals surface area contributed by atoms with Crippen LogP contribution in [0.1, 0.15) is 40.9 Å². The highest BCUT2D eigenvalue weighted by atomic mass is 35.5. The normalized spacial score (nSPS) is 25.7. The van der Waals surface area contributed by atoms with E-state index in [2.05, 4.69) is 17.5 Å². The van der Waals surface area contributed by atoms with Gasteiger partial charge in [-0.2, -0.15) is 0 Å². The molecule has 1 N–H and O–H groups in total. The molecule has 6 heteroatoms. The summed E-state index contributed by atoms with van der Waals surface area (Å²) in [5, 5.41) is 3.34. The third kappa shape index (κ3) is 2.86. The molecule has 3 aromatic carbocycles. The molecule has 6 rings (SSSR count). The van der Waals surface area contributed by atoms with Crippen LogP contribution in [0.2, 0.25) is 5.02 Å².